The Morgan fingerprint density at radius 1 is 1.23 bits per heavy atom. The van der Waals surface area contributed by atoms with E-state index >= 15 is 0 Å². The van der Waals surface area contributed by atoms with Gasteiger partial charge < -0.3 is 20.5 Å². The molecular formula is C20H22N8O2. The molecule has 1 fully saturated rings. The van der Waals surface area contributed by atoms with Gasteiger partial charge in [-0.25, -0.2) is 15.0 Å². The van der Waals surface area contributed by atoms with Crippen molar-refractivity contribution in [2.24, 2.45) is 5.73 Å². The molecule has 0 spiro atoms. The molecule has 3 aromatic heterocycles. The van der Waals surface area contributed by atoms with Gasteiger partial charge in [-0.2, -0.15) is 10.4 Å². The highest BCUT2D eigenvalue weighted by molar-refractivity contribution is 5.75. The Balaban J connectivity index is 1.63. The van der Waals surface area contributed by atoms with E-state index in [1.165, 1.54) is 12.4 Å². The summed E-state index contributed by atoms with van der Waals surface area (Å²) in [7, 11) is 1.57. The van der Waals surface area contributed by atoms with Crippen LogP contribution < -0.4 is 20.5 Å². The molecule has 154 valence electrons. The monoisotopic (exact) mass is 406 g/mol. The van der Waals surface area contributed by atoms with Crippen molar-refractivity contribution in [1.29, 1.82) is 5.26 Å². The smallest absolute Gasteiger partial charge is 0.226 e. The summed E-state index contributed by atoms with van der Waals surface area (Å²) in [4.78, 5) is 12.6. The summed E-state index contributed by atoms with van der Waals surface area (Å²) in [6.07, 6.45) is 5.60. The third-order valence-electron chi connectivity index (χ3n) is 4.86. The van der Waals surface area contributed by atoms with Gasteiger partial charge in [0.25, 0.3) is 0 Å². The molecule has 0 bridgehead atoms. The highest BCUT2D eigenvalue weighted by Crippen LogP contribution is 2.39. The largest absolute Gasteiger partial charge is 0.489 e. The molecule has 10 nitrogen and oxygen atoms in total. The van der Waals surface area contributed by atoms with Crippen LogP contribution in [0.15, 0.2) is 24.5 Å². The SMILES string of the molecule is COc1nc(C)cc(O[C@@H]2CCC(N)C2)c1-c1cc(Nc2cnc(C#N)cn2)n[nH]1. The van der Waals surface area contributed by atoms with Crippen molar-refractivity contribution in [3.05, 3.63) is 35.9 Å². The van der Waals surface area contributed by atoms with E-state index < -0.39 is 0 Å². The van der Waals surface area contributed by atoms with Crippen LogP contribution in [0, 0.1) is 18.3 Å². The van der Waals surface area contributed by atoms with E-state index in [-0.39, 0.29) is 17.8 Å². The minimum Gasteiger partial charge on any atom is -0.489 e. The second kappa shape index (κ2) is 8.34. The van der Waals surface area contributed by atoms with Gasteiger partial charge in [-0.3, -0.25) is 5.10 Å². The molecule has 4 rings (SSSR count). The lowest BCUT2D eigenvalue weighted by Gasteiger charge is -2.18. The molecule has 10 heteroatoms. The number of pyridine rings is 1. The minimum atomic E-state index is 0.0553. The first-order chi connectivity index (χ1) is 14.6. The molecule has 3 heterocycles. The lowest BCUT2D eigenvalue weighted by atomic mass is 10.1. The van der Waals surface area contributed by atoms with Crippen LogP contribution in [-0.4, -0.2) is 44.4 Å². The van der Waals surface area contributed by atoms with Crippen LogP contribution in [0.1, 0.15) is 30.7 Å². The number of aromatic nitrogens is 5. The molecule has 1 aliphatic carbocycles. The number of rotatable bonds is 6. The Bertz CT molecular complexity index is 1070. The van der Waals surface area contributed by atoms with Crippen LogP contribution in [0.3, 0.4) is 0 Å². The fourth-order valence-corrected chi connectivity index (χ4v) is 3.46. The standard InChI is InChI=1S/C20H22N8O2/c1-11-5-16(30-14-4-3-12(22)6-14)19(20(25-11)29-2)15-7-17(28-27-15)26-18-10-23-13(8-21)9-24-18/h5,7,9-10,12,14H,3-4,6,22H2,1-2H3,(H2,24,26,27,28)/t12?,14-/m1/s1. The number of nitrogens with two attached hydrogens (primary N) is 1. The zero-order valence-electron chi connectivity index (χ0n) is 16.7. The predicted octanol–water partition coefficient (Wildman–Crippen LogP) is 2.45. The minimum absolute atomic E-state index is 0.0553. The van der Waals surface area contributed by atoms with E-state index in [2.05, 4.69) is 30.5 Å². The van der Waals surface area contributed by atoms with Crippen molar-refractivity contribution in [1.82, 2.24) is 25.1 Å². The Kier molecular flexibility index (Phi) is 5.45. The van der Waals surface area contributed by atoms with Gasteiger partial charge in [0.15, 0.2) is 11.5 Å². The van der Waals surface area contributed by atoms with Crippen molar-refractivity contribution in [2.75, 3.05) is 12.4 Å². The molecule has 3 aromatic rings. The number of nitrogens with zero attached hydrogens (tertiary/aromatic N) is 5. The van der Waals surface area contributed by atoms with E-state index in [0.717, 1.165) is 25.0 Å². The van der Waals surface area contributed by atoms with Gasteiger partial charge >= 0.3 is 0 Å². The molecule has 1 unspecified atom stereocenters. The fourth-order valence-electron chi connectivity index (χ4n) is 3.46. The van der Waals surface area contributed by atoms with E-state index in [0.29, 0.717) is 34.5 Å². The molecule has 2 atom stereocenters. The normalized spacial score (nSPS) is 18.1. The van der Waals surface area contributed by atoms with E-state index in [1.807, 2.05) is 25.1 Å². The number of nitriles is 1. The summed E-state index contributed by atoms with van der Waals surface area (Å²) >= 11 is 0. The zero-order valence-corrected chi connectivity index (χ0v) is 16.7. The molecule has 0 amide bonds. The average molecular weight is 406 g/mol. The van der Waals surface area contributed by atoms with Crippen molar-refractivity contribution in [2.45, 2.75) is 38.3 Å². The Morgan fingerprint density at radius 3 is 2.77 bits per heavy atom. The lowest BCUT2D eigenvalue weighted by Crippen LogP contribution is -2.19. The summed E-state index contributed by atoms with van der Waals surface area (Å²) in [5, 5.41) is 19.2. The van der Waals surface area contributed by atoms with Gasteiger partial charge in [0, 0.05) is 23.9 Å². The Hall–Kier alpha value is -3.71. The van der Waals surface area contributed by atoms with Gasteiger partial charge in [-0.15, -0.1) is 0 Å². The molecule has 0 saturated heterocycles. The Morgan fingerprint density at radius 2 is 2.10 bits per heavy atom. The highest BCUT2D eigenvalue weighted by Gasteiger charge is 2.26. The van der Waals surface area contributed by atoms with Crippen molar-refractivity contribution in [3.8, 4) is 29.0 Å². The third-order valence-corrected chi connectivity index (χ3v) is 4.86. The molecule has 1 aliphatic rings. The molecule has 30 heavy (non-hydrogen) atoms. The van der Waals surface area contributed by atoms with Crippen molar-refractivity contribution < 1.29 is 9.47 Å². The zero-order chi connectivity index (χ0) is 21.1. The van der Waals surface area contributed by atoms with Gasteiger partial charge in [0.2, 0.25) is 5.88 Å². The topological polar surface area (TPSA) is 148 Å². The lowest BCUT2D eigenvalue weighted by molar-refractivity contribution is 0.208. The molecule has 0 aromatic carbocycles. The fraction of sp³-hybridized carbons (Fsp3) is 0.350. The summed E-state index contributed by atoms with van der Waals surface area (Å²) in [5.74, 6) is 2.12. The maximum atomic E-state index is 8.83. The number of H-pyrrole nitrogens is 1. The number of methoxy groups -OCH3 is 1. The van der Waals surface area contributed by atoms with Gasteiger partial charge in [-0.1, -0.05) is 0 Å². The Labute approximate surface area is 173 Å². The summed E-state index contributed by atoms with van der Waals surface area (Å²) in [5.41, 5.74) is 8.44. The van der Waals surface area contributed by atoms with E-state index in [9.17, 15) is 0 Å². The molecule has 1 saturated carbocycles. The van der Waals surface area contributed by atoms with Crippen molar-refractivity contribution in [3.63, 3.8) is 0 Å². The summed E-state index contributed by atoms with van der Waals surface area (Å²) in [6, 6.07) is 5.80. The van der Waals surface area contributed by atoms with Gasteiger partial charge in [0.05, 0.1) is 25.2 Å². The second-order valence-electron chi connectivity index (χ2n) is 7.15. The van der Waals surface area contributed by atoms with Crippen LogP contribution in [-0.2, 0) is 0 Å². The van der Waals surface area contributed by atoms with Gasteiger partial charge in [-0.05, 0) is 26.2 Å². The average Bonchev–Trinajstić information content (AvgIpc) is 3.37. The third kappa shape index (κ3) is 4.16. The molecule has 0 aliphatic heterocycles. The van der Waals surface area contributed by atoms with E-state index in [1.54, 1.807) is 7.11 Å². The van der Waals surface area contributed by atoms with Crippen LogP contribution in [0.4, 0.5) is 11.6 Å². The number of hydrogen-bond acceptors (Lipinski definition) is 9. The number of hydrogen-bond donors (Lipinski definition) is 3. The maximum Gasteiger partial charge on any atom is 0.226 e. The van der Waals surface area contributed by atoms with Crippen LogP contribution in [0.25, 0.3) is 11.3 Å². The predicted molar refractivity (Wildman–Crippen MR) is 109 cm³/mol. The van der Waals surface area contributed by atoms with E-state index in [4.69, 9.17) is 20.5 Å². The first kappa shape index (κ1) is 19.6. The summed E-state index contributed by atoms with van der Waals surface area (Å²) < 4.78 is 11.8. The highest BCUT2D eigenvalue weighted by atomic mass is 16.5. The first-order valence-electron chi connectivity index (χ1n) is 9.58. The number of ether oxygens (including phenoxy) is 2. The number of aromatic amines is 1. The first-order valence-corrected chi connectivity index (χ1v) is 9.58. The summed E-state index contributed by atoms with van der Waals surface area (Å²) in [6.45, 7) is 1.89. The molecule has 0 radical (unpaired) electrons. The molecule has 4 N–H and O–H groups in total. The maximum absolute atomic E-state index is 8.83. The van der Waals surface area contributed by atoms with Crippen LogP contribution in [0.5, 0.6) is 11.6 Å². The van der Waals surface area contributed by atoms with Gasteiger partial charge in [0.1, 0.15) is 29.3 Å². The number of nitrogens with one attached hydrogen (secondary N) is 2. The number of anilines is 2. The van der Waals surface area contributed by atoms with Crippen LogP contribution in [0.2, 0.25) is 0 Å². The number of aryl methyl sites for hydroxylation is 1. The van der Waals surface area contributed by atoms with Crippen LogP contribution >= 0.6 is 0 Å². The molecular weight excluding hydrogens is 384 g/mol. The quantitative estimate of drug-likeness (QED) is 0.561. The second-order valence-corrected chi connectivity index (χ2v) is 7.15. The van der Waals surface area contributed by atoms with Crippen molar-refractivity contribution >= 4 is 11.6 Å².